The van der Waals surface area contributed by atoms with Gasteiger partial charge < -0.3 is 10.2 Å². The monoisotopic (exact) mass is 273 g/mol. The van der Waals surface area contributed by atoms with Crippen molar-refractivity contribution in [1.82, 2.24) is 0 Å². The summed E-state index contributed by atoms with van der Waals surface area (Å²) in [5, 5.41) is 0.744. The molecule has 1 aromatic carbocycles. The molecule has 0 aliphatic heterocycles. The van der Waals surface area contributed by atoms with Crippen molar-refractivity contribution in [3.05, 3.63) is 57.7 Å². The van der Waals surface area contributed by atoms with Gasteiger partial charge in [0.1, 0.15) is 11.6 Å². The second-order valence-electron chi connectivity index (χ2n) is 3.69. The maximum Gasteiger partial charge on any atom is 0.193 e. The van der Waals surface area contributed by atoms with Gasteiger partial charge in [0.05, 0.1) is 6.04 Å². The molecule has 1 atom stereocenters. The predicted octanol–water partition coefficient (Wildman–Crippen LogP) is 3.97. The summed E-state index contributed by atoms with van der Waals surface area (Å²) in [4.78, 5) is 0. The highest BCUT2D eigenvalue weighted by Gasteiger charge is 2.14. The minimum absolute atomic E-state index is 0.266. The van der Waals surface area contributed by atoms with E-state index in [9.17, 15) is 4.39 Å². The molecule has 2 aromatic rings. The molecule has 0 fully saturated rings. The van der Waals surface area contributed by atoms with Crippen LogP contribution in [0.3, 0.4) is 0 Å². The van der Waals surface area contributed by atoms with E-state index in [1.54, 1.807) is 18.2 Å². The molecule has 1 heterocycles. The van der Waals surface area contributed by atoms with Gasteiger partial charge in [0, 0.05) is 5.02 Å². The van der Waals surface area contributed by atoms with Crippen LogP contribution in [0.15, 0.2) is 34.7 Å². The summed E-state index contributed by atoms with van der Waals surface area (Å²) >= 11 is 11.4. The van der Waals surface area contributed by atoms with Crippen LogP contribution in [-0.2, 0) is 6.42 Å². The largest absolute Gasteiger partial charge is 0.448 e. The molecule has 2 N–H and O–H groups in total. The Balaban J connectivity index is 2.18. The first-order valence-electron chi connectivity index (χ1n) is 5.01. The number of hydrogen-bond acceptors (Lipinski definition) is 2. The first kappa shape index (κ1) is 12.4. The molecule has 1 aromatic heterocycles. The average Bonchev–Trinajstić information content (AvgIpc) is 2.70. The quantitative estimate of drug-likeness (QED) is 0.919. The molecule has 0 saturated carbocycles. The van der Waals surface area contributed by atoms with E-state index in [1.807, 2.05) is 0 Å². The molecule has 0 aliphatic carbocycles. The fraction of sp³-hybridized carbons (Fsp3) is 0.167. The third kappa shape index (κ3) is 3.00. The van der Waals surface area contributed by atoms with Gasteiger partial charge in [-0.15, -0.1) is 0 Å². The molecule has 0 saturated heterocycles. The van der Waals surface area contributed by atoms with E-state index in [1.165, 1.54) is 12.1 Å². The lowest BCUT2D eigenvalue weighted by atomic mass is 10.0. The smallest absolute Gasteiger partial charge is 0.193 e. The molecule has 0 spiro atoms. The van der Waals surface area contributed by atoms with Gasteiger partial charge in [-0.2, -0.15) is 0 Å². The Morgan fingerprint density at radius 2 is 2.00 bits per heavy atom. The van der Waals surface area contributed by atoms with Crippen molar-refractivity contribution in [2.45, 2.75) is 12.5 Å². The number of furan rings is 1. The van der Waals surface area contributed by atoms with E-state index in [4.69, 9.17) is 33.4 Å². The van der Waals surface area contributed by atoms with Crippen molar-refractivity contribution in [1.29, 1.82) is 0 Å². The number of halogens is 3. The van der Waals surface area contributed by atoms with Crippen LogP contribution in [0.5, 0.6) is 0 Å². The summed E-state index contributed by atoms with van der Waals surface area (Å²) < 4.78 is 18.7. The molecular formula is C12H10Cl2FNO. The molecule has 1 unspecified atom stereocenters. The van der Waals surface area contributed by atoms with Crippen LogP contribution in [0, 0.1) is 5.82 Å². The van der Waals surface area contributed by atoms with Crippen LogP contribution in [0.25, 0.3) is 0 Å². The topological polar surface area (TPSA) is 39.2 Å². The lowest BCUT2D eigenvalue weighted by molar-refractivity contribution is 0.462. The van der Waals surface area contributed by atoms with E-state index >= 15 is 0 Å². The number of nitrogens with two attached hydrogens (primary N) is 1. The first-order valence-corrected chi connectivity index (χ1v) is 5.76. The van der Waals surface area contributed by atoms with Gasteiger partial charge in [-0.05, 0) is 53.9 Å². The Bertz CT molecular complexity index is 527. The molecule has 2 rings (SSSR count). The maximum absolute atomic E-state index is 13.5. The van der Waals surface area contributed by atoms with Crippen molar-refractivity contribution in [2.24, 2.45) is 5.73 Å². The zero-order chi connectivity index (χ0) is 12.4. The fourth-order valence-corrected chi connectivity index (χ4v) is 1.91. The summed E-state index contributed by atoms with van der Waals surface area (Å²) in [6.07, 6.45) is 0.302. The third-order valence-electron chi connectivity index (χ3n) is 2.41. The van der Waals surface area contributed by atoms with Gasteiger partial charge in [0.2, 0.25) is 0 Å². The lowest BCUT2D eigenvalue weighted by Gasteiger charge is -2.09. The summed E-state index contributed by atoms with van der Waals surface area (Å²) in [6.45, 7) is 0. The number of rotatable bonds is 3. The predicted molar refractivity (Wildman–Crippen MR) is 65.8 cm³/mol. The van der Waals surface area contributed by atoms with E-state index in [0.717, 1.165) is 0 Å². The molecule has 90 valence electrons. The van der Waals surface area contributed by atoms with Crippen molar-refractivity contribution >= 4 is 23.2 Å². The first-order chi connectivity index (χ1) is 8.06. The van der Waals surface area contributed by atoms with Crippen molar-refractivity contribution in [3.8, 4) is 0 Å². The normalized spacial score (nSPS) is 12.7. The minimum Gasteiger partial charge on any atom is -0.448 e. The second-order valence-corrected chi connectivity index (χ2v) is 4.50. The van der Waals surface area contributed by atoms with E-state index in [2.05, 4.69) is 0 Å². The van der Waals surface area contributed by atoms with Gasteiger partial charge in [0.15, 0.2) is 5.22 Å². The van der Waals surface area contributed by atoms with Crippen LogP contribution >= 0.6 is 23.2 Å². The zero-order valence-corrected chi connectivity index (χ0v) is 10.3. The van der Waals surface area contributed by atoms with Crippen LogP contribution in [0.2, 0.25) is 10.2 Å². The van der Waals surface area contributed by atoms with Gasteiger partial charge in [-0.1, -0.05) is 11.6 Å². The molecule has 2 nitrogen and oxygen atoms in total. The highest BCUT2D eigenvalue weighted by Crippen LogP contribution is 2.23. The highest BCUT2D eigenvalue weighted by molar-refractivity contribution is 6.30. The van der Waals surface area contributed by atoms with Gasteiger partial charge in [-0.3, -0.25) is 0 Å². The van der Waals surface area contributed by atoms with Gasteiger partial charge in [0.25, 0.3) is 0 Å². The Labute approximate surface area is 108 Å². The number of benzene rings is 1. The molecule has 0 aliphatic rings. The van der Waals surface area contributed by atoms with E-state index in [0.29, 0.717) is 22.8 Å². The summed E-state index contributed by atoms with van der Waals surface area (Å²) in [5.41, 5.74) is 6.35. The Kier molecular flexibility index (Phi) is 3.72. The van der Waals surface area contributed by atoms with Crippen molar-refractivity contribution in [3.63, 3.8) is 0 Å². The fourth-order valence-electron chi connectivity index (χ4n) is 1.56. The SMILES string of the molecule is NC(Cc1cc(Cl)ccc1F)c1ccc(Cl)o1. The molecule has 5 heteroatoms. The van der Waals surface area contributed by atoms with Gasteiger partial charge >= 0.3 is 0 Å². The number of hydrogen-bond donors (Lipinski definition) is 1. The second kappa shape index (κ2) is 5.08. The van der Waals surface area contributed by atoms with Crippen LogP contribution in [0.4, 0.5) is 4.39 Å². The van der Waals surface area contributed by atoms with E-state index < -0.39 is 6.04 Å². The Morgan fingerprint density at radius 1 is 1.24 bits per heavy atom. The average molecular weight is 274 g/mol. The van der Waals surface area contributed by atoms with Gasteiger partial charge in [-0.25, -0.2) is 4.39 Å². The van der Waals surface area contributed by atoms with E-state index in [-0.39, 0.29) is 11.0 Å². The van der Waals surface area contributed by atoms with Crippen molar-refractivity contribution in [2.75, 3.05) is 0 Å². The Morgan fingerprint density at radius 3 is 2.65 bits per heavy atom. The maximum atomic E-state index is 13.5. The minimum atomic E-state index is -0.449. The lowest BCUT2D eigenvalue weighted by Crippen LogP contribution is -2.13. The third-order valence-corrected chi connectivity index (χ3v) is 2.85. The molecule has 0 radical (unpaired) electrons. The Hall–Kier alpha value is -1.03. The van der Waals surface area contributed by atoms with Crippen LogP contribution < -0.4 is 5.73 Å². The molecular weight excluding hydrogens is 264 g/mol. The highest BCUT2D eigenvalue weighted by atomic mass is 35.5. The van der Waals surface area contributed by atoms with Crippen molar-refractivity contribution < 1.29 is 8.81 Å². The molecule has 0 amide bonds. The summed E-state index contributed by atoms with van der Waals surface area (Å²) in [6, 6.07) is 7.20. The molecule has 0 bridgehead atoms. The summed E-state index contributed by atoms with van der Waals surface area (Å²) in [5.74, 6) is 0.192. The van der Waals surface area contributed by atoms with Crippen LogP contribution in [-0.4, -0.2) is 0 Å². The summed E-state index contributed by atoms with van der Waals surface area (Å²) in [7, 11) is 0. The standard InChI is InChI=1S/C12H10Cl2FNO/c13-8-1-2-9(15)7(5-8)6-10(16)11-3-4-12(14)17-11/h1-5,10H,6,16H2. The molecule has 17 heavy (non-hydrogen) atoms. The zero-order valence-electron chi connectivity index (χ0n) is 8.79. The van der Waals surface area contributed by atoms with Crippen LogP contribution in [0.1, 0.15) is 17.4 Å².